The van der Waals surface area contributed by atoms with Gasteiger partial charge in [0.05, 0.1) is 24.8 Å². The molecule has 0 amide bonds. The molecule has 1 aromatic carbocycles. The minimum Gasteiger partial charge on any atom is -0.475 e. The highest BCUT2D eigenvalue weighted by atomic mass is 19.4. The molecule has 1 atom stereocenters. The number of alkyl halides is 3. The topological polar surface area (TPSA) is 107 Å². The molecule has 0 radical (unpaired) electrons. The number of pyridine rings is 1. The Balaban J connectivity index is 1.34. The van der Waals surface area contributed by atoms with Crippen LogP contribution in [0.25, 0.3) is 11.2 Å². The van der Waals surface area contributed by atoms with Gasteiger partial charge in [0.15, 0.2) is 11.3 Å². The summed E-state index contributed by atoms with van der Waals surface area (Å²) in [6.07, 6.45) is -1.23. The quantitative estimate of drug-likeness (QED) is 0.187. The Morgan fingerprint density at radius 3 is 2.77 bits per heavy atom. The molecule has 1 saturated heterocycles. The van der Waals surface area contributed by atoms with Crippen molar-refractivity contribution in [1.82, 2.24) is 19.9 Å². The van der Waals surface area contributed by atoms with Crippen LogP contribution in [0.2, 0.25) is 0 Å². The zero-order chi connectivity index (χ0) is 27.4. The molecule has 4 heterocycles. The largest absolute Gasteiger partial charge is 0.475 e. The average Bonchev–Trinajstić information content (AvgIpc) is 3.39. The Morgan fingerprint density at radius 2 is 1.97 bits per heavy atom. The van der Waals surface area contributed by atoms with E-state index in [4.69, 9.17) is 9.15 Å². The molecule has 3 aromatic heterocycles. The van der Waals surface area contributed by atoms with Crippen molar-refractivity contribution in [2.75, 3.05) is 19.7 Å². The molecule has 0 aliphatic carbocycles. The summed E-state index contributed by atoms with van der Waals surface area (Å²) in [6.45, 7) is 2.18. The molecule has 0 spiro atoms. The summed E-state index contributed by atoms with van der Waals surface area (Å²) in [5, 5.41) is 10.9. The van der Waals surface area contributed by atoms with Crippen LogP contribution in [-0.2, 0) is 12.7 Å². The third-order valence-electron chi connectivity index (χ3n) is 6.22. The summed E-state index contributed by atoms with van der Waals surface area (Å²) >= 11 is 0. The number of likely N-dealkylation sites (tertiary alicyclic amines) is 1. The maximum absolute atomic E-state index is 13.4. The molecule has 39 heavy (non-hydrogen) atoms. The number of aromatic nitrogens is 3. The molecular formula is C27H22F3N5O4. The van der Waals surface area contributed by atoms with Crippen LogP contribution < -0.4 is 4.74 Å². The van der Waals surface area contributed by atoms with Gasteiger partial charge in [0, 0.05) is 24.2 Å². The Kier molecular flexibility index (Phi) is 7.42. The van der Waals surface area contributed by atoms with E-state index >= 15 is 0 Å². The third-order valence-corrected chi connectivity index (χ3v) is 6.22. The maximum atomic E-state index is 13.4. The van der Waals surface area contributed by atoms with Crippen LogP contribution in [0.4, 0.5) is 19.1 Å². The number of hydrogen-bond donors (Lipinski definition) is 0. The highest BCUT2D eigenvalue weighted by molar-refractivity contribution is 5.71. The van der Waals surface area contributed by atoms with Crippen molar-refractivity contribution in [1.29, 1.82) is 0 Å². The summed E-state index contributed by atoms with van der Waals surface area (Å²) in [4.78, 5) is 25.5. The Bertz CT molecular complexity index is 1560. The molecule has 1 fully saturated rings. The first-order chi connectivity index (χ1) is 18.8. The Morgan fingerprint density at radius 1 is 1.13 bits per heavy atom. The van der Waals surface area contributed by atoms with Gasteiger partial charge in [0.25, 0.3) is 0 Å². The van der Waals surface area contributed by atoms with Gasteiger partial charge >= 0.3 is 12.1 Å². The fraction of sp³-hybridized carbons (Fsp3) is 0.296. The van der Waals surface area contributed by atoms with Crippen molar-refractivity contribution < 1.29 is 27.2 Å². The maximum Gasteiger partial charge on any atom is 0.433 e. The van der Waals surface area contributed by atoms with Crippen LogP contribution in [0, 0.1) is 27.9 Å². The summed E-state index contributed by atoms with van der Waals surface area (Å²) in [6, 6.07) is 11.4. The molecule has 1 aliphatic heterocycles. The normalized spacial score (nSPS) is 16.0. The number of benzene rings is 1. The first-order valence-electron chi connectivity index (χ1n) is 12.2. The number of piperidine rings is 1. The van der Waals surface area contributed by atoms with Crippen LogP contribution >= 0.6 is 0 Å². The van der Waals surface area contributed by atoms with Gasteiger partial charge in [-0.1, -0.05) is 18.1 Å². The first-order valence-corrected chi connectivity index (χ1v) is 12.2. The van der Waals surface area contributed by atoms with E-state index in [-0.39, 0.29) is 35.5 Å². The van der Waals surface area contributed by atoms with Gasteiger partial charge in [0.1, 0.15) is 16.2 Å². The smallest absolute Gasteiger partial charge is 0.433 e. The summed E-state index contributed by atoms with van der Waals surface area (Å²) in [7, 11) is 0. The lowest BCUT2D eigenvalue weighted by molar-refractivity contribution is -0.402. The fourth-order valence-electron chi connectivity index (χ4n) is 4.42. The molecule has 5 rings (SSSR count). The standard InChI is InChI=1S/C27H22F3N5O4/c28-27(29,30)21-7-2-1-6-19(21)9-11-23-26(33-22-8-3-13-31-25(22)32-23)38-17-18-5-4-14-34(15-18)16-20-10-12-24(39-20)35(36)37/h1-3,6-8,10,12-13,18H,4-5,14-17H2. The number of hydrogen-bond acceptors (Lipinski definition) is 8. The van der Waals surface area contributed by atoms with Crippen molar-refractivity contribution >= 4 is 17.0 Å². The van der Waals surface area contributed by atoms with Crippen molar-refractivity contribution in [2.24, 2.45) is 5.92 Å². The zero-order valence-electron chi connectivity index (χ0n) is 20.5. The van der Waals surface area contributed by atoms with Gasteiger partial charge in [-0.15, -0.1) is 0 Å². The van der Waals surface area contributed by atoms with Crippen molar-refractivity contribution in [2.45, 2.75) is 25.6 Å². The lowest BCUT2D eigenvalue weighted by Gasteiger charge is -2.31. The Hall–Kier alpha value is -4.50. The molecule has 9 nitrogen and oxygen atoms in total. The molecule has 12 heteroatoms. The number of nitrogens with zero attached hydrogens (tertiary/aromatic N) is 5. The lowest BCUT2D eigenvalue weighted by Crippen LogP contribution is -2.37. The number of rotatable bonds is 6. The van der Waals surface area contributed by atoms with Crippen LogP contribution in [-0.4, -0.2) is 44.5 Å². The van der Waals surface area contributed by atoms with Crippen molar-refractivity contribution in [3.8, 4) is 17.7 Å². The summed E-state index contributed by atoms with van der Waals surface area (Å²) in [5.41, 5.74) is -0.155. The lowest BCUT2D eigenvalue weighted by atomic mass is 9.99. The van der Waals surface area contributed by atoms with Gasteiger partial charge in [0.2, 0.25) is 5.88 Å². The van der Waals surface area contributed by atoms with E-state index in [0.29, 0.717) is 30.0 Å². The SMILES string of the molecule is O=[N+]([O-])c1ccc(CN2CCCC(COc3nc4cccnc4nc3C#Cc3ccccc3C(F)(F)F)C2)o1. The highest BCUT2D eigenvalue weighted by Crippen LogP contribution is 2.31. The molecule has 0 N–H and O–H groups in total. The fourth-order valence-corrected chi connectivity index (χ4v) is 4.42. The number of nitro groups is 1. The number of furan rings is 1. The zero-order valence-corrected chi connectivity index (χ0v) is 20.5. The summed E-state index contributed by atoms with van der Waals surface area (Å²) in [5.74, 6) is 5.73. The predicted octanol–water partition coefficient (Wildman–Crippen LogP) is 5.24. The van der Waals surface area contributed by atoms with Crippen LogP contribution in [0.5, 0.6) is 5.88 Å². The van der Waals surface area contributed by atoms with Crippen molar-refractivity contribution in [3.05, 3.63) is 87.4 Å². The first kappa shape index (κ1) is 26.1. The highest BCUT2D eigenvalue weighted by Gasteiger charge is 2.32. The molecule has 1 aliphatic rings. The molecule has 4 aromatic rings. The minimum absolute atomic E-state index is 0.0914. The number of halogens is 3. The second-order valence-electron chi connectivity index (χ2n) is 9.07. The van der Waals surface area contributed by atoms with Gasteiger partial charge in [-0.3, -0.25) is 15.0 Å². The van der Waals surface area contributed by atoms with Crippen LogP contribution in [0.3, 0.4) is 0 Å². The second-order valence-corrected chi connectivity index (χ2v) is 9.07. The molecule has 0 saturated carbocycles. The molecule has 0 bridgehead atoms. The van der Waals surface area contributed by atoms with E-state index in [1.807, 2.05) is 0 Å². The average molecular weight is 537 g/mol. The number of ether oxygens (including phenoxy) is 1. The third kappa shape index (κ3) is 6.32. The van der Waals surface area contributed by atoms with E-state index < -0.39 is 16.7 Å². The van der Waals surface area contributed by atoms with Gasteiger partial charge < -0.3 is 9.15 Å². The van der Waals surface area contributed by atoms with Gasteiger partial charge in [-0.2, -0.15) is 13.2 Å². The number of fused-ring (bicyclic) bond motifs is 1. The summed E-state index contributed by atoms with van der Waals surface area (Å²) < 4.78 is 51.6. The van der Waals surface area contributed by atoms with E-state index in [0.717, 1.165) is 25.5 Å². The van der Waals surface area contributed by atoms with E-state index in [2.05, 4.69) is 31.7 Å². The molecule has 200 valence electrons. The minimum atomic E-state index is -4.55. The van der Waals surface area contributed by atoms with Crippen molar-refractivity contribution in [3.63, 3.8) is 0 Å². The van der Waals surface area contributed by atoms with Gasteiger partial charge in [-0.25, -0.2) is 15.0 Å². The van der Waals surface area contributed by atoms with E-state index in [1.54, 1.807) is 18.2 Å². The van der Waals surface area contributed by atoms with E-state index in [1.165, 1.54) is 30.5 Å². The predicted molar refractivity (Wildman–Crippen MR) is 134 cm³/mol. The van der Waals surface area contributed by atoms with Crippen LogP contribution in [0.1, 0.15) is 35.4 Å². The molecule has 1 unspecified atom stereocenters. The second kappa shape index (κ2) is 11.1. The molecular weight excluding hydrogens is 515 g/mol. The van der Waals surface area contributed by atoms with E-state index in [9.17, 15) is 23.3 Å². The Labute approximate surface area is 220 Å². The monoisotopic (exact) mass is 537 g/mol. The van der Waals surface area contributed by atoms with Crippen LogP contribution in [0.15, 0.2) is 59.1 Å². The van der Waals surface area contributed by atoms with Gasteiger partial charge in [-0.05, 0) is 55.6 Å².